The number of aliphatic hydroxyl groups is 2. The van der Waals surface area contributed by atoms with Gasteiger partial charge in [0, 0.05) is 34.2 Å². The van der Waals surface area contributed by atoms with E-state index >= 15 is 0 Å². The summed E-state index contributed by atoms with van der Waals surface area (Å²) in [5, 5.41) is 20.8. The maximum Gasteiger partial charge on any atom is 0.136 e. The highest BCUT2D eigenvalue weighted by molar-refractivity contribution is 7.99. The largest absolute Gasteiger partial charge is 0.494 e. The monoisotopic (exact) mass is 399 g/mol. The van der Waals surface area contributed by atoms with E-state index in [9.17, 15) is 10.2 Å². The highest BCUT2D eigenvalue weighted by atomic mass is 32.2. The van der Waals surface area contributed by atoms with Crippen LogP contribution in [0.3, 0.4) is 0 Å². The third-order valence-corrected chi connectivity index (χ3v) is 5.99. The third kappa shape index (κ3) is 4.05. The van der Waals surface area contributed by atoms with Crippen molar-refractivity contribution in [1.29, 1.82) is 0 Å². The van der Waals surface area contributed by atoms with Gasteiger partial charge in [-0.15, -0.1) is 0 Å². The lowest BCUT2D eigenvalue weighted by atomic mass is 10.0. The SMILES string of the molecule is CCOc1ccc(Sc2cn(C3CC(O)C[C@@H](CO)O3)c3ccccc23)cc1. The predicted octanol–water partition coefficient (Wildman–Crippen LogP) is 4.22. The molecule has 2 N–H and O–H groups in total. The lowest BCUT2D eigenvalue weighted by molar-refractivity contribution is -0.140. The minimum atomic E-state index is -0.473. The fraction of sp³-hybridized carbons (Fsp3) is 0.364. The summed E-state index contributed by atoms with van der Waals surface area (Å²) in [6, 6.07) is 16.3. The highest BCUT2D eigenvalue weighted by Gasteiger charge is 2.30. The Kier molecular flexibility index (Phi) is 5.92. The number of aromatic nitrogens is 1. The summed E-state index contributed by atoms with van der Waals surface area (Å²) < 4.78 is 13.6. The molecule has 0 radical (unpaired) electrons. The molecule has 1 fully saturated rings. The lowest BCUT2D eigenvalue weighted by Crippen LogP contribution is -2.35. The number of ether oxygens (including phenoxy) is 2. The molecule has 28 heavy (non-hydrogen) atoms. The Hall–Kier alpha value is -1.99. The summed E-state index contributed by atoms with van der Waals surface area (Å²) in [7, 11) is 0. The average Bonchev–Trinajstić information content (AvgIpc) is 3.08. The van der Waals surface area contributed by atoms with Gasteiger partial charge in [-0.25, -0.2) is 0 Å². The van der Waals surface area contributed by atoms with Crippen molar-refractivity contribution < 1.29 is 19.7 Å². The molecule has 2 heterocycles. The van der Waals surface area contributed by atoms with E-state index in [4.69, 9.17) is 9.47 Å². The number of hydrogen-bond donors (Lipinski definition) is 2. The van der Waals surface area contributed by atoms with Gasteiger partial charge < -0.3 is 24.3 Å². The molecule has 2 unspecified atom stereocenters. The van der Waals surface area contributed by atoms with Crippen LogP contribution < -0.4 is 4.74 Å². The number of fused-ring (bicyclic) bond motifs is 1. The van der Waals surface area contributed by atoms with Crippen LogP contribution in [0.15, 0.2) is 64.5 Å². The zero-order valence-electron chi connectivity index (χ0n) is 15.8. The first-order chi connectivity index (χ1) is 13.7. The molecule has 0 spiro atoms. The summed E-state index contributed by atoms with van der Waals surface area (Å²) in [4.78, 5) is 2.26. The van der Waals surface area contributed by atoms with Crippen molar-refractivity contribution in [3.63, 3.8) is 0 Å². The van der Waals surface area contributed by atoms with Crippen LogP contribution in [-0.4, -0.2) is 40.2 Å². The minimum Gasteiger partial charge on any atom is -0.494 e. The second kappa shape index (κ2) is 8.57. The van der Waals surface area contributed by atoms with Crippen molar-refractivity contribution in [3.8, 4) is 5.75 Å². The molecule has 1 aliphatic heterocycles. The number of aliphatic hydroxyl groups excluding tert-OH is 2. The highest BCUT2D eigenvalue weighted by Crippen LogP contribution is 2.39. The molecule has 0 aliphatic carbocycles. The molecule has 0 saturated carbocycles. The molecule has 1 aromatic heterocycles. The fourth-order valence-corrected chi connectivity index (χ4v) is 4.63. The Morgan fingerprint density at radius 3 is 2.68 bits per heavy atom. The zero-order chi connectivity index (χ0) is 19.5. The Morgan fingerprint density at radius 2 is 1.93 bits per heavy atom. The van der Waals surface area contributed by atoms with Crippen molar-refractivity contribution in [2.75, 3.05) is 13.2 Å². The van der Waals surface area contributed by atoms with Crippen molar-refractivity contribution in [2.45, 2.75) is 48.0 Å². The standard InChI is InChI=1S/C22H25NO4S/c1-2-26-16-7-9-18(10-8-16)28-21-13-23(20-6-4-3-5-19(20)21)22-12-15(25)11-17(14-24)27-22/h3-10,13,15,17,22,24-25H,2,11-12,14H2,1H3/t15?,17-,22?/m0/s1. The summed E-state index contributed by atoms with van der Waals surface area (Å²) in [6.45, 7) is 2.55. The van der Waals surface area contributed by atoms with E-state index in [0.29, 0.717) is 19.4 Å². The van der Waals surface area contributed by atoms with Crippen LogP contribution in [0.1, 0.15) is 26.0 Å². The molecule has 5 nitrogen and oxygen atoms in total. The summed E-state index contributed by atoms with van der Waals surface area (Å²) in [5.41, 5.74) is 1.06. The van der Waals surface area contributed by atoms with Crippen LogP contribution in [-0.2, 0) is 4.74 Å². The summed E-state index contributed by atoms with van der Waals surface area (Å²) in [5.74, 6) is 0.869. The molecule has 0 bridgehead atoms. The van der Waals surface area contributed by atoms with Gasteiger partial charge >= 0.3 is 0 Å². The molecular formula is C22H25NO4S. The smallest absolute Gasteiger partial charge is 0.136 e. The predicted molar refractivity (Wildman–Crippen MR) is 110 cm³/mol. The van der Waals surface area contributed by atoms with Gasteiger partial charge in [0.2, 0.25) is 0 Å². The Labute approximate surface area is 168 Å². The number of nitrogens with zero attached hydrogens (tertiary/aromatic N) is 1. The van der Waals surface area contributed by atoms with Gasteiger partial charge in [-0.1, -0.05) is 30.0 Å². The van der Waals surface area contributed by atoms with E-state index in [2.05, 4.69) is 35.0 Å². The van der Waals surface area contributed by atoms with E-state index in [1.54, 1.807) is 11.8 Å². The van der Waals surface area contributed by atoms with E-state index in [1.165, 1.54) is 0 Å². The number of rotatable bonds is 6. The molecule has 1 aliphatic rings. The van der Waals surface area contributed by atoms with Gasteiger partial charge in [0.25, 0.3) is 0 Å². The Morgan fingerprint density at radius 1 is 1.14 bits per heavy atom. The Bertz CT molecular complexity index is 924. The first-order valence-corrected chi connectivity index (χ1v) is 10.4. The summed E-state index contributed by atoms with van der Waals surface area (Å²) >= 11 is 1.69. The molecule has 3 atom stereocenters. The topological polar surface area (TPSA) is 63.9 Å². The van der Waals surface area contributed by atoms with E-state index in [1.807, 2.05) is 31.2 Å². The number of para-hydroxylation sites is 1. The second-order valence-electron chi connectivity index (χ2n) is 6.94. The summed E-state index contributed by atoms with van der Waals surface area (Å²) in [6.07, 6.45) is 1.97. The maximum absolute atomic E-state index is 10.2. The van der Waals surface area contributed by atoms with Gasteiger partial charge in [-0.3, -0.25) is 0 Å². The third-order valence-electron chi connectivity index (χ3n) is 4.94. The fourth-order valence-electron chi connectivity index (χ4n) is 3.65. The quantitative estimate of drug-likeness (QED) is 0.650. The van der Waals surface area contributed by atoms with Crippen molar-refractivity contribution >= 4 is 22.7 Å². The number of benzene rings is 2. The van der Waals surface area contributed by atoms with Crippen LogP contribution in [0.25, 0.3) is 10.9 Å². The molecule has 4 rings (SSSR count). The van der Waals surface area contributed by atoms with Gasteiger partial charge in [0.1, 0.15) is 12.0 Å². The molecule has 1 saturated heterocycles. The lowest BCUT2D eigenvalue weighted by Gasteiger charge is -2.33. The van der Waals surface area contributed by atoms with E-state index in [-0.39, 0.29) is 18.9 Å². The van der Waals surface area contributed by atoms with Crippen LogP contribution >= 0.6 is 11.8 Å². The van der Waals surface area contributed by atoms with Crippen LogP contribution in [0.4, 0.5) is 0 Å². The molecular weight excluding hydrogens is 374 g/mol. The normalized spacial score (nSPS) is 22.5. The molecule has 148 valence electrons. The van der Waals surface area contributed by atoms with Gasteiger partial charge in [-0.05, 0) is 37.3 Å². The van der Waals surface area contributed by atoms with Gasteiger partial charge in [-0.2, -0.15) is 0 Å². The van der Waals surface area contributed by atoms with Crippen molar-refractivity contribution in [2.24, 2.45) is 0 Å². The second-order valence-corrected chi connectivity index (χ2v) is 8.06. The van der Waals surface area contributed by atoms with Crippen LogP contribution in [0, 0.1) is 0 Å². The van der Waals surface area contributed by atoms with Gasteiger partial charge in [0.15, 0.2) is 0 Å². The van der Waals surface area contributed by atoms with Crippen LogP contribution in [0.2, 0.25) is 0 Å². The van der Waals surface area contributed by atoms with Gasteiger partial charge in [0.05, 0.1) is 30.9 Å². The van der Waals surface area contributed by atoms with E-state index < -0.39 is 6.10 Å². The molecule has 2 aromatic carbocycles. The first-order valence-electron chi connectivity index (χ1n) is 9.62. The molecule has 0 amide bonds. The average molecular weight is 400 g/mol. The maximum atomic E-state index is 10.2. The first kappa shape index (κ1) is 19.3. The van der Waals surface area contributed by atoms with Crippen LogP contribution in [0.5, 0.6) is 5.75 Å². The molecule has 3 aromatic rings. The van der Waals surface area contributed by atoms with E-state index in [0.717, 1.165) is 26.4 Å². The minimum absolute atomic E-state index is 0.0828. The molecule has 6 heteroatoms. The van der Waals surface area contributed by atoms with Crippen molar-refractivity contribution in [3.05, 3.63) is 54.7 Å². The Balaban J connectivity index is 1.64. The van der Waals surface area contributed by atoms with Crippen molar-refractivity contribution in [1.82, 2.24) is 4.57 Å². The number of hydrogen-bond acceptors (Lipinski definition) is 5. The zero-order valence-corrected chi connectivity index (χ0v) is 16.6.